The van der Waals surface area contributed by atoms with Crippen molar-refractivity contribution in [3.05, 3.63) is 35.9 Å². The van der Waals surface area contributed by atoms with Gasteiger partial charge in [-0.2, -0.15) is 0 Å². The van der Waals surface area contributed by atoms with Crippen LogP contribution in [0.3, 0.4) is 0 Å². The van der Waals surface area contributed by atoms with Crippen LogP contribution in [0.5, 0.6) is 0 Å². The molecule has 2 heterocycles. The number of carbonyl (C=O) groups excluding carboxylic acids is 1. The molecule has 1 amide bonds. The number of aromatic nitrogens is 1. The molecule has 7 nitrogen and oxygen atoms in total. The molecule has 1 saturated heterocycles. The number of nitrogens with zero attached hydrogens (tertiary/aromatic N) is 3. The van der Waals surface area contributed by atoms with Crippen LogP contribution in [0, 0.1) is 0 Å². The lowest BCUT2D eigenvalue weighted by atomic mass is 10.1. The highest BCUT2D eigenvalue weighted by atomic mass is 16.5. The molecule has 158 valence electrons. The van der Waals surface area contributed by atoms with E-state index in [1.54, 1.807) is 0 Å². The molecule has 1 aromatic heterocycles. The van der Waals surface area contributed by atoms with Crippen molar-refractivity contribution >= 4 is 11.8 Å². The summed E-state index contributed by atoms with van der Waals surface area (Å²) in [7, 11) is 1.54. The molecule has 0 spiro atoms. The molecule has 2 aromatic rings. The molecular formula is C22H31N3O4. The lowest BCUT2D eigenvalue weighted by molar-refractivity contribution is -0.137. The van der Waals surface area contributed by atoms with E-state index in [0.717, 1.165) is 55.2 Å². The Labute approximate surface area is 172 Å². The maximum atomic E-state index is 12.8. The number of hydrogen-bond donors (Lipinski definition) is 0. The normalized spacial score (nSPS) is 16.2. The van der Waals surface area contributed by atoms with Crippen molar-refractivity contribution in [2.75, 3.05) is 44.9 Å². The Bertz CT molecular complexity index is 768. The Kier molecular flexibility index (Phi) is 7.66. The Morgan fingerprint density at radius 2 is 2.00 bits per heavy atom. The molecule has 3 rings (SSSR count). The van der Waals surface area contributed by atoms with Gasteiger partial charge in [0.2, 0.25) is 11.8 Å². The minimum Gasteiger partial charge on any atom is -0.376 e. The van der Waals surface area contributed by atoms with Crippen LogP contribution in [0.1, 0.15) is 32.3 Å². The van der Waals surface area contributed by atoms with E-state index in [4.69, 9.17) is 14.0 Å². The van der Waals surface area contributed by atoms with Gasteiger partial charge in [0.15, 0.2) is 0 Å². The number of anilines is 1. The van der Waals surface area contributed by atoms with Gasteiger partial charge in [-0.25, -0.2) is 0 Å². The van der Waals surface area contributed by atoms with E-state index in [1.807, 2.05) is 35.2 Å². The number of rotatable bonds is 10. The predicted molar refractivity (Wildman–Crippen MR) is 112 cm³/mol. The Balaban J connectivity index is 1.95. The minimum absolute atomic E-state index is 0.0409. The number of benzene rings is 1. The van der Waals surface area contributed by atoms with Crippen molar-refractivity contribution in [1.82, 2.24) is 10.1 Å². The maximum absolute atomic E-state index is 12.8. The second-order valence-electron chi connectivity index (χ2n) is 7.20. The van der Waals surface area contributed by atoms with Crippen LogP contribution in [0.4, 0.5) is 5.88 Å². The summed E-state index contributed by atoms with van der Waals surface area (Å²) in [6, 6.07) is 9.94. The van der Waals surface area contributed by atoms with E-state index in [-0.39, 0.29) is 18.6 Å². The van der Waals surface area contributed by atoms with Gasteiger partial charge < -0.3 is 23.8 Å². The number of ether oxygens (including phenoxy) is 2. The van der Waals surface area contributed by atoms with Gasteiger partial charge in [0.25, 0.3) is 0 Å². The monoisotopic (exact) mass is 401 g/mol. The first-order chi connectivity index (χ1) is 14.2. The first-order valence-electron chi connectivity index (χ1n) is 10.3. The Morgan fingerprint density at radius 1 is 1.24 bits per heavy atom. The lowest BCUT2D eigenvalue weighted by Crippen LogP contribution is -2.39. The number of amides is 1. The Hall–Kier alpha value is -2.38. The van der Waals surface area contributed by atoms with E-state index < -0.39 is 0 Å². The molecule has 0 aliphatic carbocycles. The van der Waals surface area contributed by atoms with Gasteiger partial charge in [0, 0.05) is 38.9 Å². The third kappa shape index (κ3) is 5.16. The average molecular weight is 402 g/mol. The molecular weight excluding hydrogens is 370 g/mol. The van der Waals surface area contributed by atoms with E-state index >= 15 is 0 Å². The second kappa shape index (κ2) is 10.4. The molecule has 1 atom stereocenters. The van der Waals surface area contributed by atoms with Crippen molar-refractivity contribution in [3.8, 4) is 11.3 Å². The van der Waals surface area contributed by atoms with Crippen LogP contribution in [-0.2, 0) is 20.8 Å². The summed E-state index contributed by atoms with van der Waals surface area (Å²) < 4.78 is 16.7. The lowest BCUT2D eigenvalue weighted by Gasteiger charge is -2.27. The molecule has 1 aliphatic heterocycles. The van der Waals surface area contributed by atoms with Crippen molar-refractivity contribution in [2.24, 2.45) is 0 Å². The number of methoxy groups -OCH3 is 1. The summed E-state index contributed by atoms with van der Waals surface area (Å²) in [5, 5.41) is 4.38. The van der Waals surface area contributed by atoms with Crippen molar-refractivity contribution < 1.29 is 18.8 Å². The number of carbonyl (C=O) groups is 1. The van der Waals surface area contributed by atoms with Gasteiger partial charge in [-0.15, -0.1) is 0 Å². The van der Waals surface area contributed by atoms with E-state index in [1.165, 1.54) is 7.11 Å². The van der Waals surface area contributed by atoms with Gasteiger partial charge in [-0.05, 0) is 26.7 Å². The molecule has 0 bridgehead atoms. The maximum Gasteiger partial charge on any atom is 0.248 e. The highest BCUT2D eigenvalue weighted by Gasteiger charge is 2.28. The zero-order chi connectivity index (χ0) is 20.6. The van der Waals surface area contributed by atoms with Crippen LogP contribution in [0.2, 0.25) is 0 Å². The summed E-state index contributed by atoms with van der Waals surface area (Å²) in [5.41, 5.74) is 2.67. The SMILES string of the molecule is CCN(CC)c1onc(-c2ccccc2)c1CN(C[C@H]1CCCO1)C(=O)COC. The summed E-state index contributed by atoms with van der Waals surface area (Å²) in [6.07, 6.45) is 2.06. The van der Waals surface area contributed by atoms with Gasteiger partial charge in [0.1, 0.15) is 12.3 Å². The largest absolute Gasteiger partial charge is 0.376 e. The van der Waals surface area contributed by atoms with Gasteiger partial charge in [0.05, 0.1) is 18.2 Å². The molecule has 29 heavy (non-hydrogen) atoms. The summed E-state index contributed by atoms with van der Waals surface area (Å²) in [4.78, 5) is 16.7. The van der Waals surface area contributed by atoms with Crippen LogP contribution in [0.15, 0.2) is 34.9 Å². The highest BCUT2D eigenvalue weighted by molar-refractivity contribution is 5.78. The third-order valence-corrected chi connectivity index (χ3v) is 5.28. The van der Waals surface area contributed by atoms with Crippen molar-refractivity contribution in [2.45, 2.75) is 39.3 Å². The zero-order valence-electron chi connectivity index (χ0n) is 17.6. The third-order valence-electron chi connectivity index (χ3n) is 5.28. The number of hydrogen-bond acceptors (Lipinski definition) is 6. The molecule has 0 unspecified atom stereocenters. The van der Waals surface area contributed by atoms with Gasteiger partial charge in [-0.3, -0.25) is 4.79 Å². The van der Waals surface area contributed by atoms with Gasteiger partial charge >= 0.3 is 0 Å². The summed E-state index contributed by atoms with van der Waals surface area (Å²) in [5.74, 6) is 0.658. The first kappa shape index (κ1) is 21.3. The molecule has 0 saturated carbocycles. The smallest absolute Gasteiger partial charge is 0.248 e. The van der Waals surface area contributed by atoms with E-state index in [9.17, 15) is 4.79 Å². The van der Waals surface area contributed by atoms with Crippen LogP contribution < -0.4 is 4.90 Å². The fourth-order valence-corrected chi connectivity index (χ4v) is 3.72. The van der Waals surface area contributed by atoms with Crippen molar-refractivity contribution in [1.29, 1.82) is 0 Å². The first-order valence-corrected chi connectivity index (χ1v) is 10.3. The van der Waals surface area contributed by atoms with Gasteiger partial charge in [-0.1, -0.05) is 35.5 Å². The average Bonchev–Trinajstić information content (AvgIpc) is 3.40. The second-order valence-corrected chi connectivity index (χ2v) is 7.20. The van der Waals surface area contributed by atoms with Crippen molar-refractivity contribution in [3.63, 3.8) is 0 Å². The summed E-state index contributed by atoms with van der Waals surface area (Å²) >= 11 is 0. The molecule has 1 aliphatic rings. The summed E-state index contributed by atoms with van der Waals surface area (Å²) in [6.45, 7) is 7.50. The molecule has 1 aromatic carbocycles. The molecule has 0 N–H and O–H groups in total. The molecule has 0 radical (unpaired) electrons. The standard InChI is InChI=1S/C22H31N3O4/c1-4-24(5-2)22-19(21(23-29-22)17-10-7-6-8-11-17)15-25(20(26)16-27-3)14-18-12-9-13-28-18/h6-8,10-11,18H,4-5,9,12-16H2,1-3H3/t18-/m1/s1. The zero-order valence-corrected chi connectivity index (χ0v) is 17.6. The fraction of sp³-hybridized carbons (Fsp3) is 0.545. The van der Waals surface area contributed by atoms with E-state index in [2.05, 4.69) is 23.9 Å². The quantitative estimate of drug-likeness (QED) is 0.608. The predicted octanol–water partition coefficient (Wildman–Crippen LogP) is 3.34. The van der Waals surface area contributed by atoms with Crippen LogP contribution >= 0.6 is 0 Å². The minimum atomic E-state index is -0.0614. The Morgan fingerprint density at radius 3 is 2.62 bits per heavy atom. The molecule has 1 fully saturated rings. The topological polar surface area (TPSA) is 68.0 Å². The van der Waals surface area contributed by atoms with E-state index in [0.29, 0.717) is 13.1 Å². The van der Waals surface area contributed by atoms with Crippen LogP contribution in [-0.4, -0.2) is 62.0 Å². The fourth-order valence-electron chi connectivity index (χ4n) is 3.72. The highest BCUT2D eigenvalue weighted by Crippen LogP contribution is 2.32. The van der Waals surface area contributed by atoms with Crippen LogP contribution in [0.25, 0.3) is 11.3 Å². The molecule has 7 heteroatoms.